The first-order valence-corrected chi connectivity index (χ1v) is 6.28. The zero-order valence-electron chi connectivity index (χ0n) is 10.2. The third kappa shape index (κ3) is 3.52. The molecular formula is C14H16F2NO. The van der Waals surface area contributed by atoms with Crippen LogP contribution in [0.3, 0.4) is 0 Å². The fourth-order valence-electron chi connectivity index (χ4n) is 2.11. The molecule has 4 heteroatoms. The minimum Gasteiger partial charge on any atom is -0.390 e. The molecule has 0 N–H and O–H groups in total. The molecule has 1 aliphatic rings. The molecule has 0 aliphatic heterocycles. The van der Waals surface area contributed by atoms with Gasteiger partial charge in [-0.3, -0.25) is 0 Å². The summed E-state index contributed by atoms with van der Waals surface area (Å²) in [6.07, 6.45) is 8.67. The third-order valence-electron chi connectivity index (χ3n) is 3.18. The Kier molecular flexibility index (Phi) is 4.67. The fourth-order valence-corrected chi connectivity index (χ4v) is 2.11. The second-order valence-electron chi connectivity index (χ2n) is 4.53. The molecule has 1 radical (unpaired) electrons. The van der Waals surface area contributed by atoms with E-state index >= 15 is 0 Å². The van der Waals surface area contributed by atoms with Gasteiger partial charge >= 0.3 is 0 Å². The Hall–Kier alpha value is -1.45. The van der Waals surface area contributed by atoms with Gasteiger partial charge in [-0.1, -0.05) is 30.5 Å². The van der Waals surface area contributed by atoms with Crippen molar-refractivity contribution in [2.24, 2.45) is 11.1 Å². The van der Waals surface area contributed by atoms with Gasteiger partial charge in [0, 0.05) is 5.92 Å². The standard InChI is InChI=1S/C14H16F2NO/c15-13-7-4-8-14(16)12(13)10-18-17-9-11-5-2-1-3-6-11/h4,7-8,11H,1-3,5-6,10H2. The Labute approximate surface area is 106 Å². The smallest absolute Gasteiger partial charge is 0.148 e. The van der Waals surface area contributed by atoms with Crippen LogP contribution in [0.1, 0.15) is 37.7 Å². The Balaban J connectivity index is 1.82. The second kappa shape index (κ2) is 6.47. The van der Waals surface area contributed by atoms with E-state index in [1.807, 2.05) is 0 Å². The molecule has 18 heavy (non-hydrogen) atoms. The lowest BCUT2D eigenvalue weighted by Crippen LogP contribution is -2.07. The molecule has 1 aliphatic carbocycles. The van der Waals surface area contributed by atoms with E-state index in [0.717, 1.165) is 12.8 Å². The first-order valence-electron chi connectivity index (χ1n) is 6.28. The molecule has 1 fully saturated rings. The van der Waals surface area contributed by atoms with E-state index in [4.69, 9.17) is 4.84 Å². The molecule has 97 valence electrons. The summed E-state index contributed by atoms with van der Waals surface area (Å²) in [4.78, 5) is 4.92. The molecule has 0 atom stereocenters. The van der Waals surface area contributed by atoms with Crippen molar-refractivity contribution in [3.05, 3.63) is 35.4 Å². The highest BCUT2D eigenvalue weighted by atomic mass is 19.1. The fraction of sp³-hybridized carbons (Fsp3) is 0.500. The van der Waals surface area contributed by atoms with E-state index in [0.29, 0.717) is 5.92 Å². The highest BCUT2D eigenvalue weighted by Gasteiger charge is 2.12. The summed E-state index contributed by atoms with van der Waals surface area (Å²) < 4.78 is 26.5. The van der Waals surface area contributed by atoms with Crippen molar-refractivity contribution < 1.29 is 13.6 Å². The number of hydrogen-bond acceptors (Lipinski definition) is 2. The van der Waals surface area contributed by atoms with E-state index in [1.165, 1.54) is 37.5 Å². The summed E-state index contributed by atoms with van der Waals surface area (Å²) in [5, 5.41) is 3.69. The average molecular weight is 252 g/mol. The van der Waals surface area contributed by atoms with Gasteiger partial charge in [-0.05, 0) is 25.0 Å². The second-order valence-corrected chi connectivity index (χ2v) is 4.53. The van der Waals surface area contributed by atoms with Crippen LogP contribution in [-0.4, -0.2) is 6.21 Å². The number of hydrogen-bond donors (Lipinski definition) is 0. The summed E-state index contributed by atoms with van der Waals surface area (Å²) in [5.74, 6) is -0.894. The molecule has 0 spiro atoms. The van der Waals surface area contributed by atoms with Gasteiger partial charge in [0.15, 0.2) is 0 Å². The van der Waals surface area contributed by atoms with Crippen molar-refractivity contribution in [3.8, 4) is 0 Å². The van der Waals surface area contributed by atoms with Gasteiger partial charge in [0.2, 0.25) is 0 Å². The molecule has 1 saturated carbocycles. The molecule has 0 amide bonds. The van der Waals surface area contributed by atoms with Crippen molar-refractivity contribution >= 4 is 6.21 Å². The molecule has 0 aromatic heterocycles. The highest BCUT2D eigenvalue weighted by Crippen LogP contribution is 2.22. The van der Waals surface area contributed by atoms with Gasteiger partial charge in [-0.25, -0.2) is 8.78 Å². The van der Waals surface area contributed by atoms with Crippen molar-refractivity contribution in [2.45, 2.75) is 38.7 Å². The van der Waals surface area contributed by atoms with Crippen molar-refractivity contribution in [2.75, 3.05) is 0 Å². The third-order valence-corrected chi connectivity index (χ3v) is 3.18. The lowest BCUT2D eigenvalue weighted by Gasteiger charge is -2.15. The lowest BCUT2D eigenvalue weighted by molar-refractivity contribution is 0.124. The van der Waals surface area contributed by atoms with Gasteiger partial charge in [0.1, 0.15) is 24.5 Å². The van der Waals surface area contributed by atoms with Crippen LogP contribution in [0.2, 0.25) is 0 Å². The molecule has 1 aromatic carbocycles. The van der Waals surface area contributed by atoms with Gasteiger partial charge in [0.05, 0.1) is 5.56 Å². The number of nitrogens with zero attached hydrogens (tertiary/aromatic N) is 1. The summed E-state index contributed by atoms with van der Waals surface area (Å²) in [6.45, 7) is -0.196. The Morgan fingerprint density at radius 3 is 2.50 bits per heavy atom. The summed E-state index contributed by atoms with van der Waals surface area (Å²) in [6, 6.07) is 3.73. The van der Waals surface area contributed by atoms with E-state index in [2.05, 4.69) is 11.4 Å². The minimum absolute atomic E-state index is 0.0910. The van der Waals surface area contributed by atoms with Crippen LogP contribution in [0.4, 0.5) is 8.78 Å². The maximum Gasteiger partial charge on any atom is 0.148 e. The number of rotatable bonds is 4. The quantitative estimate of drug-likeness (QED) is 0.588. The Bertz CT molecular complexity index is 394. The van der Waals surface area contributed by atoms with Crippen molar-refractivity contribution in [1.29, 1.82) is 0 Å². The molecule has 2 nitrogen and oxygen atoms in total. The van der Waals surface area contributed by atoms with E-state index in [1.54, 1.807) is 0 Å². The minimum atomic E-state index is -0.608. The van der Waals surface area contributed by atoms with Crippen LogP contribution in [0.5, 0.6) is 0 Å². The highest BCUT2D eigenvalue weighted by molar-refractivity contribution is 5.59. The molecule has 0 heterocycles. The van der Waals surface area contributed by atoms with Crippen LogP contribution in [-0.2, 0) is 11.4 Å². The van der Waals surface area contributed by atoms with Gasteiger partial charge in [-0.15, -0.1) is 0 Å². The zero-order valence-corrected chi connectivity index (χ0v) is 10.2. The van der Waals surface area contributed by atoms with Crippen LogP contribution in [0, 0.1) is 17.6 Å². The number of benzene rings is 1. The van der Waals surface area contributed by atoms with Gasteiger partial charge in [0.25, 0.3) is 0 Å². The van der Waals surface area contributed by atoms with E-state index < -0.39 is 11.6 Å². The SMILES string of the molecule is Fc1cccc(F)c1CO/N=[C]\C1CCCCC1. The Morgan fingerprint density at radius 2 is 1.83 bits per heavy atom. The van der Waals surface area contributed by atoms with Gasteiger partial charge < -0.3 is 4.84 Å². The topological polar surface area (TPSA) is 21.6 Å². The zero-order chi connectivity index (χ0) is 12.8. The van der Waals surface area contributed by atoms with Crippen LogP contribution in [0.15, 0.2) is 23.4 Å². The van der Waals surface area contributed by atoms with Crippen LogP contribution >= 0.6 is 0 Å². The first kappa shape index (κ1) is 13.0. The van der Waals surface area contributed by atoms with Crippen molar-refractivity contribution in [1.82, 2.24) is 0 Å². The van der Waals surface area contributed by atoms with Crippen molar-refractivity contribution in [3.63, 3.8) is 0 Å². The number of halogens is 2. The largest absolute Gasteiger partial charge is 0.390 e. The van der Waals surface area contributed by atoms with Gasteiger partial charge in [-0.2, -0.15) is 0 Å². The van der Waals surface area contributed by atoms with E-state index in [-0.39, 0.29) is 12.2 Å². The summed E-state index contributed by atoms with van der Waals surface area (Å²) in [7, 11) is 0. The Morgan fingerprint density at radius 1 is 1.17 bits per heavy atom. The molecule has 0 bridgehead atoms. The average Bonchev–Trinajstić information content (AvgIpc) is 2.38. The monoisotopic (exact) mass is 252 g/mol. The van der Waals surface area contributed by atoms with E-state index in [9.17, 15) is 8.78 Å². The normalized spacial score (nSPS) is 17.2. The van der Waals surface area contributed by atoms with Crippen LogP contribution < -0.4 is 0 Å². The maximum atomic E-state index is 13.3. The molecule has 0 unspecified atom stereocenters. The molecule has 1 aromatic rings. The predicted octanol–water partition coefficient (Wildman–Crippen LogP) is 3.92. The summed E-state index contributed by atoms with van der Waals surface area (Å²) in [5.41, 5.74) is -0.0910. The molecule has 0 saturated heterocycles. The predicted molar refractivity (Wildman–Crippen MR) is 65.2 cm³/mol. The summed E-state index contributed by atoms with van der Waals surface area (Å²) >= 11 is 0. The maximum absolute atomic E-state index is 13.3. The molecular weight excluding hydrogens is 236 g/mol. The first-order chi connectivity index (χ1) is 8.77. The lowest BCUT2D eigenvalue weighted by atomic mass is 9.90. The van der Waals surface area contributed by atoms with Crippen LogP contribution in [0.25, 0.3) is 0 Å². The molecule has 2 rings (SSSR count).